The van der Waals surface area contributed by atoms with Crippen molar-refractivity contribution in [2.45, 2.75) is 31.4 Å². The van der Waals surface area contributed by atoms with E-state index in [1.54, 1.807) is 7.11 Å². The van der Waals surface area contributed by atoms with Crippen LogP contribution in [-0.4, -0.2) is 28.9 Å². The zero-order valence-electron chi connectivity index (χ0n) is 8.28. The summed E-state index contributed by atoms with van der Waals surface area (Å²) >= 11 is 0. The average molecular weight is 203 g/mol. The van der Waals surface area contributed by atoms with Crippen molar-refractivity contribution in [3.63, 3.8) is 0 Å². The Morgan fingerprint density at radius 3 is 2.77 bits per heavy atom. The molecule has 4 heteroatoms. The zero-order chi connectivity index (χ0) is 10.1. The third kappa shape index (κ3) is 5.78. The van der Waals surface area contributed by atoms with Crippen LogP contribution < -0.4 is 0 Å². The first kappa shape index (κ1) is 12.6. The molecule has 0 bridgehead atoms. The van der Waals surface area contributed by atoms with E-state index in [2.05, 4.69) is 6.07 Å². The number of hydrogen-bond acceptors (Lipinski definition) is 3. The van der Waals surface area contributed by atoms with E-state index in [1.807, 2.05) is 6.92 Å². The molecule has 0 rings (SSSR count). The lowest BCUT2D eigenvalue weighted by Crippen LogP contribution is -2.17. The first-order chi connectivity index (χ1) is 6.26. The highest BCUT2D eigenvalue weighted by Gasteiger charge is 2.13. The summed E-state index contributed by atoms with van der Waals surface area (Å²) < 4.78 is 16.4. The second-order valence-electron chi connectivity index (χ2n) is 2.82. The van der Waals surface area contributed by atoms with Gasteiger partial charge in [0, 0.05) is 41.9 Å². The Hall–Kier alpha value is -0.400. The Kier molecular flexibility index (Phi) is 7.96. The molecule has 13 heavy (non-hydrogen) atoms. The van der Waals surface area contributed by atoms with Gasteiger partial charge >= 0.3 is 0 Å². The van der Waals surface area contributed by atoms with Gasteiger partial charge in [0.2, 0.25) is 0 Å². The summed E-state index contributed by atoms with van der Waals surface area (Å²) in [6.45, 7) is 2.62. The number of ether oxygens (including phenoxy) is 1. The molecule has 0 aromatic heterocycles. The van der Waals surface area contributed by atoms with Gasteiger partial charge in [-0.1, -0.05) is 6.92 Å². The monoisotopic (exact) mass is 203 g/mol. The fourth-order valence-corrected chi connectivity index (χ4v) is 2.41. The number of rotatable bonds is 7. The summed E-state index contributed by atoms with van der Waals surface area (Å²) in [5.74, 6) is 0.647. The summed E-state index contributed by atoms with van der Waals surface area (Å²) in [4.78, 5) is 0. The van der Waals surface area contributed by atoms with E-state index in [0.717, 1.165) is 12.8 Å². The van der Waals surface area contributed by atoms with Crippen LogP contribution in [0.2, 0.25) is 0 Å². The van der Waals surface area contributed by atoms with E-state index in [9.17, 15) is 4.21 Å². The van der Waals surface area contributed by atoms with Crippen molar-refractivity contribution < 1.29 is 8.95 Å². The molecule has 2 unspecified atom stereocenters. The smallest absolute Gasteiger partial charge is 0.0634 e. The second-order valence-corrected chi connectivity index (χ2v) is 4.66. The number of nitrogens with zero attached hydrogens (tertiary/aromatic N) is 1. The summed E-state index contributed by atoms with van der Waals surface area (Å²) in [5, 5.41) is 8.52. The Balaban J connectivity index is 3.72. The maximum atomic E-state index is 11.5. The molecule has 76 valence electrons. The van der Waals surface area contributed by atoms with Crippen LogP contribution in [0.15, 0.2) is 0 Å². The van der Waals surface area contributed by atoms with Crippen LogP contribution in [0.25, 0.3) is 0 Å². The van der Waals surface area contributed by atoms with E-state index in [-0.39, 0.29) is 5.25 Å². The molecule has 0 spiro atoms. The molecular formula is C9H17NO2S. The van der Waals surface area contributed by atoms with Gasteiger partial charge in [-0.3, -0.25) is 4.21 Å². The predicted octanol–water partition coefficient (Wildman–Crippen LogP) is 1.46. The van der Waals surface area contributed by atoms with Crippen LogP contribution in [0.5, 0.6) is 0 Å². The third-order valence-corrected chi connectivity index (χ3v) is 3.77. The molecule has 2 atom stereocenters. The van der Waals surface area contributed by atoms with Crippen molar-refractivity contribution >= 4 is 10.8 Å². The summed E-state index contributed by atoms with van der Waals surface area (Å²) in [6, 6.07) is 2.07. The normalized spacial score (nSPS) is 14.8. The largest absolute Gasteiger partial charge is 0.385 e. The quantitative estimate of drug-likeness (QED) is 0.589. The molecule has 0 aromatic carbocycles. The van der Waals surface area contributed by atoms with Crippen LogP contribution in [0.3, 0.4) is 0 Å². The minimum Gasteiger partial charge on any atom is -0.385 e. The van der Waals surface area contributed by atoms with Gasteiger partial charge < -0.3 is 4.74 Å². The van der Waals surface area contributed by atoms with Crippen LogP contribution in [0.1, 0.15) is 26.2 Å². The molecule has 0 heterocycles. The molecule has 0 saturated carbocycles. The third-order valence-electron chi connectivity index (χ3n) is 1.84. The van der Waals surface area contributed by atoms with Gasteiger partial charge in [0.1, 0.15) is 0 Å². The first-order valence-electron chi connectivity index (χ1n) is 4.49. The fourth-order valence-electron chi connectivity index (χ4n) is 1.04. The number of methoxy groups -OCH3 is 1. The van der Waals surface area contributed by atoms with E-state index < -0.39 is 10.8 Å². The summed E-state index contributed by atoms with van der Waals surface area (Å²) in [7, 11) is 0.773. The molecule has 0 aromatic rings. The Bertz CT molecular complexity index is 189. The summed E-state index contributed by atoms with van der Waals surface area (Å²) in [6.07, 6.45) is 2.02. The molecule has 0 aliphatic heterocycles. The van der Waals surface area contributed by atoms with Crippen molar-refractivity contribution in [1.29, 1.82) is 5.26 Å². The van der Waals surface area contributed by atoms with Gasteiger partial charge in [-0.25, -0.2) is 0 Å². The predicted molar refractivity (Wildman–Crippen MR) is 53.8 cm³/mol. The summed E-state index contributed by atoms with van der Waals surface area (Å²) in [5.41, 5.74) is 0. The molecular weight excluding hydrogens is 186 g/mol. The molecule has 0 radical (unpaired) electrons. The zero-order valence-corrected chi connectivity index (χ0v) is 9.10. The second kappa shape index (κ2) is 8.21. The van der Waals surface area contributed by atoms with Gasteiger partial charge in [0.25, 0.3) is 0 Å². The van der Waals surface area contributed by atoms with Crippen molar-refractivity contribution in [3.8, 4) is 6.07 Å². The number of nitriles is 1. The topological polar surface area (TPSA) is 50.1 Å². The Morgan fingerprint density at radius 1 is 1.62 bits per heavy atom. The van der Waals surface area contributed by atoms with E-state index >= 15 is 0 Å². The molecule has 0 saturated heterocycles. The van der Waals surface area contributed by atoms with E-state index in [4.69, 9.17) is 10.00 Å². The maximum absolute atomic E-state index is 11.5. The molecule has 0 aliphatic carbocycles. The molecule has 3 nitrogen and oxygen atoms in total. The Labute approximate surface area is 82.5 Å². The van der Waals surface area contributed by atoms with Gasteiger partial charge in [0.05, 0.1) is 6.07 Å². The standard InChI is InChI=1S/C9H17NO2S/c1-3-9(5-6-10)13(11)8-4-7-12-2/h9H,3-5,7-8H2,1-2H3. The van der Waals surface area contributed by atoms with Crippen molar-refractivity contribution in [3.05, 3.63) is 0 Å². The Morgan fingerprint density at radius 2 is 2.31 bits per heavy atom. The van der Waals surface area contributed by atoms with Crippen LogP contribution in [-0.2, 0) is 15.5 Å². The van der Waals surface area contributed by atoms with Crippen LogP contribution in [0.4, 0.5) is 0 Å². The lowest BCUT2D eigenvalue weighted by molar-refractivity contribution is 0.200. The lowest BCUT2D eigenvalue weighted by Gasteiger charge is -2.09. The minimum atomic E-state index is -0.862. The molecule has 0 amide bonds. The molecule has 0 N–H and O–H groups in total. The SMILES string of the molecule is CCC(CC#N)S(=O)CCCOC. The van der Waals surface area contributed by atoms with Gasteiger partial charge in [-0.05, 0) is 12.8 Å². The van der Waals surface area contributed by atoms with Crippen molar-refractivity contribution in [2.75, 3.05) is 19.5 Å². The van der Waals surface area contributed by atoms with Crippen molar-refractivity contribution in [1.82, 2.24) is 0 Å². The average Bonchev–Trinajstić information content (AvgIpc) is 2.14. The highest BCUT2D eigenvalue weighted by molar-refractivity contribution is 7.85. The van der Waals surface area contributed by atoms with E-state index in [0.29, 0.717) is 18.8 Å². The maximum Gasteiger partial charge on any atom is 0.0634 e. The van der Waals surface area contributed by atoms with Gasteiger partial charge in [0.15, 0.2) is 0 Å². The van der Waals surface area contributed by atoms with Gasteiger partial charge in [-0.2, -0.15) is 5.26 Å². The van der Waals surface area contributed by atoms with E-state index in [1.165, 1.54) is 0 Å². The first-order valence-corrected chi connectivity index (χ1v) is 5.87. The van der Waals surface area contributed by atoms with Crippen LogP contribution in [0, 0.1) is 11.3 Å². The van der Waals surface area contributed by atoms with Gasteiger partial charge in [-0.15, -0.1) is 0 Å². The lowest BCUT2D eigenvalue weighted by atomic mass is 10.3. The van der Waals surface area contributed by atoms with Crippen molar-refractivity contribution in [2.24, 2.45) is 0 Å². The minimum absolute atomic E-state index is 0.0434. The fraction of sp³-hybridized carbons (Fsp3) is 0.889. The highest BCUT2D eigenvalue weighted by atomic mass is 32.2. The molecule has 0 aliphatic rings. The molecule has 0 fully saturated rings. The van der Waals surface area contributed by atoms with Crippen LogP contribution >= 0.6 is 0 Å². The highest BCUT2D eigenvalue weighted by Crippen LogP contribution is 2.07. The number of hydrogen-bond donors (Lipinski definition) is 0.